The Hall–Kier alpha value is -0.870. The molecule has 0 unspecified atom stereocenters. The van der Waals surface area contributed by atoms with Crippen LogP contribution in [-0.4, -0.2) is 19.4 Å². The first-order valence-electron chi connectivity index (χ1n) is 4.08. The fourth-order valence-corrected chi connectivity index (χ4v) is 2.06. The molecule has 0 aromatic heterocycles. The Kier molecular flexibility index (Phi) is 4.29. The van der Waals surface area contributed by atoms with Crippen LogP contribution < -0.4 is 0 Å². The topological polar surface area (TPSA) is 43.4 Å². The number of hydrogen-bond donors (Lipinski definition) is 0. The van der Waals surface area contributed by atoms with E-state index in [0.717, 1.165) is 4.47 Å². The first kappa shape index (κ1) is 12.2. The first-order valence-corrected chi connectivity index (χ1v) is 5.25. The summed E-state index contributed by atoms with van der Waals surface area (Å²) < 4.78 is 5.24. The molecule has 0 fully saturated rings. The number of esters is 1. The van der Waals surface area contributed by atoms with Crippen LogP contribution in [0.15, 0.2) is 16.6 Å². The number of benzene rings is 1. The van der Waals surface area contributed by atoms with Crippen molar-refractivity contribution in [1.29, 1.82) is 0 Å². The van der Waals surface area contributed by atoms with E-state index in [0.29, 0.717) is 22.4 Å². The number of aldehydes is 1. The van der Waals surface area contributed by atoms with E-state index in [9.17, 15) is 9.59 Å². The van der Waals surface area contributed by atoms with Crippen molar-refractivity contribution in [2.45, 2.75) is 6.42 Å². The Morgan fingerprint density at radius 1 is 1.60 bits per heavy atom. The highest BCUT2D eigenvalue weighted by atomic mass is 79.9. The molecular formula is C10H8BrClO3. The molecule has 3 nitrogen and oxygen atoms in total. The van der Waals surface area contributed by atoms with Crippen molar-refractivity contribution in [3.8, 4) is 0 Å². The molecule has 0 N–H and O–H groups in total. The summed E-state index contributed by atoms with van der Waals surface area (Å²) in [6.07, 6.45) is 0.663. The number of methoxy groups -OCH3 is 1. The van der Waals surface area contributed by atoms with Crippen molar-refractivity contribution in [2.75, 3.05) is 7.11 Å². The minimum atomic E-state index is -0.410. The molecule has 0 aliphatic heterocycles. The number of ether oxygens (including phenoxy) is 1. The van der Waals surface area contributed by atoms with E-state index in [1.165, 1.54) is 7.11 Å². The maximum absolute atomic E-state index is 11.1. The Bertz CT molecular complexity index is 404. The highest BCUT2D eigenvalue weighted by Crippen LogP contribution is 2.24. The monoisotopic (exact) mass is 290 g/mol. The molecule has 0 atom stereocenters. The standard InChI is InChI=1S/C10H8BrClO3/c1-15-10(14)3-6-2-7(11)4-9(12)8(6)5-13/h2,4-5H,3H2,1H3. The van der Waals surface area contributed by atoms with Crippen LogP contribution in [0, 0.1) is 0 Å². The van der Waals surface area contributed by atoms with Crippen molar-refractivity contribution in [1.82, 2.24) is 0 Å². The molecule has 0 bridgehead atoms. The SMILES string of the molecule is COC(=O)Cc1cc(Br)cc(Cl)c1C=O. The number of halogens is 2. The van der Waals surface area contributed by atoms with Gasteiger partial charge in [0.25, 0.3) is 0 Å². The summed E-state index contributed by atoms with van der Waals surface area (Å²) in [4.78, 5) is 21.9. The van der Waals surface area contributed by atoms with Crippen molar-refractivity contribution in [3.05, 3.63) is 32.8 Å². The van der Waals surface area contributed by atoms with E-state index in [1.54, 1.807) is 12.1 Å². The molecule has 1 aromatic rings. The molecule has 0 aliphatic carbocycles. The van der Waals surface area contributed by atoms with Gasteiger partial charge in [0.2, 0.25) is 0 Å². The van der Waals surface area contributed by atoms with Crippen LogP contribution in [-0.2, 0) is 16.0 Å². The van der Waals surface area contributed by atoms with E-state index in [2.05, 4.69) is 20.7 Å². The molecule has 1 rings (SSSR count). The van der Waals surface area contributed by atoms with Gasteiger partial charge >= 0.3 is 5.97 Å². The van der Waals surface area contributed by atoms with Crippen molar-refractivity contribution < 1.29 is 14.3 Å². The molecule has 0 aliphatic rings. The Morgan fingerprint density at radius 3 is 2.80 bits per heavy atom. The van der Waals surface area contributed by atoms with Gasteiger partial charge in [-0.2, -0.15) is 0 Å². The molecular weight excluding hydrogens is 283 g/mol. The summed E-state index contributed by atoms with van der Waals surface area (Å²) in [5.74, 6) is -0.410. The fourth-order valence-electron chi connectivity index (χ4n) is 1.14. The summed E-state index contributed by atoms with van der Waals surface area (Å²) in [6, 6.07) is 3.28. The summed E-state index contributed by atoms with van der Waals surface area (Å²) in [5.41, 5.74) is 0.876. The highest BCUT2D eigenvalue weighted by Gasteiger charge is 2.12. The van der Waals surface area contributed by atoms with Crippen LogP contribution in [0.2, 0.25) is 5.02 Å². The molecule has 0 radical (unpaired) electrons. The summed E-state index contributed by atoms with van der Waals surface area (Å²) in [6.45, 7) is 0. The highest BCUT2D eigenvalue weighted by molar-refractivity contribution is 9.10. The second-order valence-corrected chi connectivity index (χ2v) is 4.15. The van der Waals surface area contributed by atoms with Gasteiger partial charge < -0.3 is 4.74 Å². The van der Waals surface area contributed by atoms with Gasteiger partial charge in [-0.25, -0.2) is 0 Å². The molecule has 0 saturated heterocycles. The molecule has 1 aromatic carbocycles. The molecule has 0 heterocycles. The average Bonchev–Trinajstić information content (AvgIpc) is 2.17. The second-order valence-electron chi connectivity index (χ2n) is 2.83. The van der Waals surface area contributed by atoms with Gasteiger partial charge in [0.15, 0.2) is 6.29 Å². The zero-order chi connectivity index (χ0) is 11.4. The lowest BCUT2D eigenvalue weighted by atomic mass is 10.1. The van der Waals surface area contributed by atoms with Crippen molar-refractivity contribution >= 4 is 39.8 Å². The lowest BCUT2D eigenvalue weighted by Gasteiger charge is -2.06. The Balaban J connectivity index is 3.14. The van der Waals surface area contributed by atoms with E-state index >= 15 is 0 Å². The number of carbonyl (C=O) groups is 2. The van der Waals surface area contributed by atoms with Gasteiger partial charge in [-0.1, -0.05) is 27.5 Å². The molecule has 0 spiro atoms. The van der Waals surface area contributed by atoms with E-state index in [-0.39, 0.29) is 6.42 Å². The quantitative estimate of drug-likeness (QED) is 0.635. The summed E-state index contributed by atoms with van der Waals surface area (Å²) in [5, 5.41) is 0.318. The van der Waals surface area contributed by atoms with Gasteiger partial charge in [0, 0.05) is 10.0 Å². The lowest BCUT2D eigenvalue weighted by molar-refractivity contribution is -0.139. The third kappa shape index (κ3) is 3.04. The first-order chi connectivity index (χ1) is 7.08. The third-order valence-corrected chi connectivity index (χ3v) is 2.63. The van der Waals surface area contributed by atoms with Crippen LogP contribution in [0.1, 0.15) is 15.9 Å². The average molecular weight is 292 g/mol. The Labute approximate surface area is 100 Å². The van der Waals surface area contributed by atoms with Crippen LogP contribution in [0.5, 0.6) is 0 Å². The summed E-state index contributed by atoms with van der Waals surface area (Å²) >= 11 is 9.08. The molecule has 15 heavy (non-hydrogen) atoms. The summed E-state index contributed by atoms with van der Waals surface area (Å²) in [7, 11) is 1.29. The van der Waals surface area contributed by atoms with Crippen LogP contribution >= 0.6 is 27.5 Å². The Morgan fingerprint density at radius 2 is 2.27 bits per heavy atom. The van der Waals surface area contributed by atoms with E-state index in [1.807, 2.05) is 0 Å². The lowest BCUT2D eigenvalue weighted by Crippen LogP contribution is -2.07. The predicted molar refractivity (Wildman–Crippen MR) is 60.3 cm³/mol. The van der Waals surface area contributed by atoms with Gasteiger partial charge in [0.05, 0.1) is 18.6 Å². The predicted octanol–water partition coefficient (Wildman–Crippen LogP) is 2.63. The van der Waals surface area contributed by atoms with E-state index < -0.39 is 5.97 Å². The zero-order valence-electron chi connectivity index (χ0n) is 7.92. The van der Waals surface area contributed by atoms with Crippen molar-refractivity contribution in [2.24, 2.45) is 0 Å². The molecule has 0 amide bonds. The maximum atomic E-state index is 11.1. The normalized spacial score (nSPS) is 9.80. The van der Waals surface area contributed by atoms with E-state index in [4.69, 9.17) is 11.6 Å². The van der Waals surface area contributed by atoms with Gasteiger partial charge in [-0.15, -0.1) is 0 Å². The van der Waals surface area contributed by atoms with Gasteiger partial charge in [0.1, 0.15) is 0 Å². The largest absolute Gasteiger partial charge is 0.469 e. The van der Waals surface area contributed by atoms with Crippen LogP contribution in [0.3, 0.4) is 0 Å². The minimum absolute atomic E-state index is 0.0315. The zero-order valence-corrected chi connectivity index (χ0v) is 10.3. The third-order valence-electron chi connectivity index (χ3n) is 1.86. The molecule has 5 heteroatoms. The second kappa shape index (κ2) is 5.28. The molecule has 0 saturated carbocycles. The number of carbonyl (C=O) groups excluding carboxylic acids is 2. The van der Waals surface area contributed by atoms with Gasteiger partial charge in [-0.3, -0.25) is 9.59 Å². The van der Waals surface area contributed by atoms with Crippen molar-refractivity contribution in [3.63, 3.8) is 0 Å². The van der Waals surface area contributed by atoms with Crippen LogP contribution in [0.25, 0.3) is 0 Å². The van der Waals surface area contributed by atoms with Gasteiger partial charge in [-0.05, 0) is 17.7 Å². The number of hydrogen-bond acceptors (Lipinski definition) is 3. The fraction of sp³-hybridized carbons (Fsp3) is 0.200. The molecule has 80 valence electrons. The minimum Gasteiger partial charge on any atom is -0.469 e. The number of rotatable bonds is 3. The maximum Gasteiger partial charge on any atom is 0.310 e. The van der Waals surface area contributed by atoms with Crippen LogP contribution in [0.4, 0.5) is 0 Å². The smallest absolute Gasteiger partial charge is 0.310 e.